The first-order valence-electron chi connectivity index (χ1n) is 8.98. The fraction of sp³-hybridized carbons (Fsp3) is 0.650. The zero-order valence-electron chi connectivity index (χ0n) is 15.9. The normalized spacial score (nSPS) is 13.6. The fourth-order valence-corrected chi connectivity index (χ4v) is 2.68. The van der Waals surface area contributed by atoms with Crippen LogP contribution in [0.5, 0.6) is 0 Å². The Hall–Kier alpha value is -1.43. The van der Waals surface area contributed by atoms with Gasteiger partial charge in [-0.3, -0.25) is 4.79 Å². The van der Waals surface area contributed by atoms with Gasteiger partial charge in [0.25, 0.3) is 0 Å². The molecule has 1 rings (SSSR count). The van der Waals surface area contributed by atoms with Gasteiger partial charge in [0.15, 0.2) is 0 Å². The Bertz CT molecular complexity index is 460. The van der Waals surface area contributed by atoms with Gasteiger partial charge in [0, 0.05) is 7.11 Å². The number of carbonyl (C=O) groups excluding carboxylic acids is 1. The molecule has 0 fully saturated rings. The predicted octanol–water partition coefficient (Wildman–Crippen LogP) is 3.98. The molecular formula is C20H32O5. The summed E-state index contributed by atoms with van der Waals surface area (Å²) in [4.78, 5) is 12.3. The van der Waals surface area contributed by atoms with Gasteiger partial charge in [-0.2, -0.15) is 0 Å². The molecule has 0 saturated heterocycles. The highest BCUT2D eigenvalue weighted by molar-refractivity contribution is 5.72. The van der Waals surface area contributed by atoms with Crippen LogP contribution in [0.4, 0.5) is 0 Å². The quantitative estimate of drug-likeness (QED) is 0.305. The minimum Gasteiger partial charge on any atom is -0.466 e. The molecule has 0 aliphatic heterocycles. The van der Waals surface area contributed by atoms with Gasteiger partial charge < -0.3 is 18.9 Å². The van der Waals surface area contributed by atoms with Gasteiger partial charge in [-0.25, -0.2) is 0 Å². The van der Waals surface area contributed by atoms with E-state index in [0.29, 0.717) is 32.2 Å². The van der Waals surface area contributed by atoms with Crippen molar-refractivity contribution in [1.29, 1.82) is 0 Å². The topological polar surface area (TPSA) is 54.0 Å². The van der Waals surface area contributed by atoms with Crippen molar-refractivity contribution in [3.05, 3.63) is 35.9 Å². The van der Waals surface area contributed by atoms with Gasteiger partial charge in [0.05, 0.1) is 31.8 Å². The molecule has 0 aliphatic rings. The standard InChI is InChI=1S/C20H32O5/c1-5-24-20(21)18(13-16(2)3)14-19(17-9-7-6-8-10-17)25-15-23-12-11-22-4/h6-10,16,18-19H,5,11-15H2,1-4H3/t18-,19-/m0/s1. The van der Waals surface area contributed by atoms with E-state index in [0.717, 1.165) is 12.0 Å². The van der Waals surface area contributed by atoms with Gasteiger partial charge in [-0.1, -0.05) is 44.2 Å². The summed E-state index contributed by atoms with van der Waals surface area (Å²) in [7, 11) is 1.63. The Labute approximate surface area is 151 Å². The van der Waals surface area contributed by atoms with Crippen molar-refractivity contribution >= 4 is 5.97 Å². The number of esters is 1. The minimum absolute atomic E-state index is 0.152. The Balaban J connectivity index is 2.76. The van der Waals surface area contributed by atoms with E-state index in [-0.39, 0.29) is 24.8 Å². The van der Waals surface area contributed by atoms with Crippen LogP contribution < -0.4 is 0 Å². The van der Waals surface area contributed by atoms with E-state index in [1.807, 2.05) is 37.3 Å². The first-order valence-corrected chi connectivity index (χ1v) is 8.98. The summed E-state index contributed by atoms with van der Waals surface area (Å²) in [6.07, 6.45) is 1.14. The molecule has 0 bridgehead atoms. The molecule has 0 heterocycles. The molecule has 0 aliphatic carbocycles. The Morgan fingerprint density at radius 3 is 2.40 bits per heavy atom. The van der Waals surface area contributed by atoms with Crippen LogP contribution in [0.2, 0.25) is 0 Å². The fourth-order valence-electron chi connectivity index (χ4n) is 2.68. The lowest BCUT2D eigenvalue weighted by Crippen LogP contribution is -2.23. The van der Waals surface area contributed by atoms with Crippen LogP contribution in [0.1, 0.15) is 45.3 Å². The molecule has 2 atom stereocenters. The summed E-state index contributed by atoms with van der Waals surface area (Å²) >= 11 is 0. The second-order valence-corrected chi connectivity index (χ2v) is 6.40. The molecular weight excluding hydrogens is 320 g/mol. The lowest BCUT2D eigenvalue weighted by atomic mass is 9.89. The average Bonchev–Trinajstić information content (AvgIpc) is 2.60. The van der Waals surface area contributed by atoms with Crippen LogP contribution in [0.15, 0.2) is 30.3 Å². The van der Waals surface area contributed by atoms with Gasteiger partial charge in [0.1, 0.15) is 6.79 Å². The van der Waals surface area contributed by atoms with Crippen molar-refractivity contribution < 1.29 is 23.7 Å². The SMILES string of the molecule is CCOC(=O)[C@@H](CC(C)C)C[C@H](OCOCCOC)c1ccccc1. The molecule has 5 nitrogen and oxygen atoms in total. The Morgan fingerprint density at radius 2 is 1.80 bits per heavy atom. The van der Waals surface area contributed by atoms with E-state index in [2.05, 4.69) is 13.8 Å². The monoisotopic (exact) mass is 352 g/mol. The van der Waals surface area contributed by atoms with Crippen LogP contribution in [0.3, 0.4) is 0 Å². The maximum atomic E-state index is 12.3. The van der Waals surface area contributed by atoms with Crippen LogP contribution in [-0.4, -0.2) is 39.7 Å². The van der Waals surface area contributed by atoms with Crippen LogP contribution in [-0.2, 0) is 23.7 Å². The van der Waals surface area contributed by atoms with E-state index < -0.39 is 0 Å². The van der Waals surface area contributed by atoms with E-state index in [1.165, 1.54) is 0 Å². The summed E-state index contributed by atoms with van der Waals surface area (Å²) in [5.41, 5.74) is 1.04. The zero-order valence-corrected chi connectivity index (χ0v) is 15.9. The number of benzene rings is 1. The molecule has 0 radical (unpaired) electrons. The van der Waals surface area contributed by atoms with Crippen LogP contribution >= 0.6 is 0 Å². The highest BCUT2D eigenvalue weighted by Gasteiger charge is 2.26. The van der Waals surface area contributed by atoms with Crippen molar-refractivity contribution in [2.45, 2.75) is 39.7 Å². The maximum absolute atomic E-state index is 12.3. The van der Waals surface area contributed by atoms with E-state index >= 15 is 0 Å². The molecule has 0 saturated carbocycles. The summed E-state index contributed by atoms with van der Waals surface area (Å²) < 4.78 is 21.6. The number of hydrogen-bond donors (Lipinski definition) is 0. The van der Waals surface area contributed by atoms with E-state index in [9.17, 15) is 4.79 Å². The highest BCUT2D eigenvalue weighted by atomic mass is 16.7. The predicted molar refractivity (Wildman–Crippen MR) is 97.2 cm³/mol. The lowest BCUT2D eigenvalue weighted by Gasteiger charge is -2.24. The molecule has 0 N–H and O–H groups in total. The Kier molecular flexibility index (Phi) is 11.1. The average molecular weight is 352 g/mol. The first-order chi connectivity index (χ1) is 12.1. The van der Waals surface area contributed by atoms with Crippen molar-refractivity contribution in [2.24, 2.45) is 11.8 Å². The number of hydrogen-bond acceptors (Lipinski definition) is 5. The van der Waals surface area contributed by atoms with E-state index in [4.69, 9.17) is 18.9 Å². The van der Waals surface area contributed by atoms with E-state index in [1.54, 1.807) is 7.11 Å². The third-order valence-electron chi connectivity index (χ3n) is 3.83. The minimum atomic E-state index is -0.211. The van der Waals surface area contributed by atoms with Crippen LogP contribution in [0.25, 0.3) is 0 Å². The molecule has 25 heavy (non-hydrogen) atoms. The third kappa shape index (κ3) is 9.00. The third-order valence-corrected chi connectivity index (χ3v) is 3.83. The van der Waals surface area contributed by atoms with Crippen molar-refractivity contribution in [1.82, 2.24) is 0 Å². The smallest absolute Gasteiger partial charge is 0.309 e. The first kappa shape index (κ1) is 21.6. The highest BCUT2D eigenvalue weighted by Crippen LogP contribution is 2.29. The molecule has 0 unspecified atom stereocenters. The molecule has 0 spiro atoms. The second-order valence-electron chi connectivity index (χ2n) is 6.40. The summed E-state index contributed by atoms with van der Waals surface area (Å²) in [6, 6.07) is 9.93. The summed E-state index contributed by atoms with van der Waals surface area (Å²) in [6.45, 7) is 7.62. The number of rotatable bonds is 13. The van der Waals surface area contributed by atoms with Crippen molar-refractivity contribution in [2.75, 3.05) is 33.7 Å². The van der Waals surface area contributed by atoms with Gasteiger partial charge in [-0.15, -0.1) is 0 Å². The van der Waals surface area contributed by atoms with Gasteiger partial charge >= 0.3 is 5.97 Å². The molecule has 1 aromatic rings. The second kappa shape index (κ2) is 12.9. The van der Waals surface area contributed by atoms with Crippen molar-refractivity contribution in [3.8, 4) is 0 Å². The number of methoxy groups -OCH3 is 1. The van der Waals surface area contributed by atoms with Crippen LogP contribution in [0, 0.1) is 11.8 Å². The molecule has 1 aromatic carbocycles. The van der Waals surface area contributed by atoms with Crippen molar-refractivity contribution in [3.63, 3.8) is 0 Å². The molecule has 0 aromatic heterocycles. The van der Waals surface area contributed by atoms with Gasteiger partial charge in [-0.05, 0) is 31.2 Å². The maximum Gasteiger partial charge on any atom is 0.309 e. The molecule has 142 valence electrons. The molecule has 0 amide bonds. The summed E-state index contributed by atoms with van der Waals surface area (Å²) in [5.74, 6) is 0.0638. The largest absolute Gasteiger partial charge is 0.466 e. The Morgan fingerprint density at radius 1 is 1.08 bits per heavy atom. The lowest BCUT2D eigenvalue weighted by molar-refractivity contribution is -0.152. The van der Waals surface area contributed by atoms with Gasteiger partial charge in [0.2, 0.25) is 0 Å². The number of ether oxygens (including phenoxy) is 4. The molecule has 5 heteroatoms. The summed E-state index contributed by atoms with van der Waals surface area (Å²) in [5, 5.41) is 0. The number of carbonyl (C=O) groups is 1. The zero-order chi connectivity index (χ0) is 18.5.